The first-order valence-electron chi connectivity index (χ1n) is 6.03. The summed E-state index contributed by atoms with van der Waals surface area (Å²) in [7, 11) is 2.00. The molecule has 0 aliphatic carbocycles. The van der Waals surface area contributed by atoms with Gasteiger partial charge >= 0.3 is 0 Å². The van der Waals surface area contributed by atoms with E-state index in [1.54, 1.807) is 0 Å². The number of hydrogen-bond acceptors (Lipinski definition) is 2. The quantitative estimate of drug-likeness (QED) is 0.873. The van der Waals surface area contributed by atoms with Crippen molar-refractivity contribution in [2.45, 2.75) is 26.3 Å². The minimum atomic E-state index is 0.416. The maximum absolute atomic E-state index is 4.26. The van der Waals surface area contributed by atoms with Crippen molar-refractivity contribution in [1.29, 1.82) is 0 Å². The molecule has 0 saturated heterocycles. The van der Waals surface area contributed by atoms with Crippen LogP contribution in [0.3, 0.4) is 0 Å². The van der Waals surface area contributed by atoms with E-state index in [1.165, 1.54) is 11.3 Å². The second-order valence-electron chi connectivity index (χ2n) is 4.19. The highest BCUT2D eigenvalue weighted by Gasteiger charge is 2.08. The van der Waals surface area contributed by atoms with E-state index in [0.29, 0.717) is 6.04 Å². The number of rotatable bonds is 4. The molecule has 3 heteroatoms. The molecule has 1 aromatic carbocycles. The summed E-state index contributed by atoms with van der Waals surface area (Å²) in [4.78, 5) is 4.26. The molecule has 1 atom stereocenters. The van der Waals surface area contributed by atoms with Gasteiger partial charge in [-0.3, -0.25) is 0 Å². The van der Waals surface area contributed by atoms with Crippen LogP contribution in [0.15, 0.2) is 36.7 Å². The average Bonchev–Trinajstić information content (AvgIpc) is 2.77. The summed E-state index contributed by atoms with van der Waals surface area (Å²) < 4.78 is 2.10. The van der Waals surface area contributed by atoms with Gasteiger partial charge in [-0.15, -0.1) is 0 Å². The van der Waals surface area contributed by atoms with Crippen LogP contribution in [0.25, 0.3) is 5.69 Å². The van der Waals surface area contributed by atoms with Gasteiger partial charge in [-0.25, -0.2) is 4.98 Å². The van der Waals surface area contributed by atoms with Crippen molar-refractivity contribution in [2.75, 3.05) is 7.05 Å². The average molecular weight is 229 g/mol. The number of nitrogens with one attached hydrogen (secondary N) is 1. The van der Waals surface area contributed by atoms with Gasteiger partial charge in [0.1, 0.15) is 5.82 Å². The van der Waals surface area contributed by atoms with E-state index in [0.717, 1.165) is 12.2 Å². The van der Waals surface area contributed by atoms with E-state index in [9.17, 15) is 0 Å². The number of nitrogens with zero attached hydrogens (tertiary/aromatic N) is 2. The SMILES string of the molecule is CCC(NC)c1cccc(-n2ccnc2C)c1. The third-order valence-electron chi connectivity index (χ3n) is 3.13. The van der Waals surface area contributed by atoms with E-state index in [-0.39, 0.29) is 0 Å². The zero-order chi connectivity index (χ0) is 12.3. The van der Waals surface area contributed by atoms with Crippen LogP contribution >= 0.6 is 0 Å². The van der Waals surface area contributed by atoms with Crippen molar-refractivity contribution in [3.8, 4) is 5.69 Å². The summed E-state index contributed by atoms with van der Waals surface area (Å²) in [6.45, 7) is 4.21. The zero-order valence-electron chi connectivity index (χ0n) is 10.6. The van der Waals surface area contributed by atoms with Gasteiger partial charge in [-0.05, 0) is 38.1 Å². The summed E-state index contributed by atoms with van der Waals surface area (Å²) in [6.07, 6.45) is 4.91. The Hall–Kier alpha value is -1.61. The van der Waals surface area contributed by atoms with Crippen molar-refractivity contribution in [3.63, 3.8) is 0 Å². The molecule has 17 heavy (non-hydrogen) atoms. The van der Waals surface area contributed by atoms with Crippen LogP contribution < -0.4 is 5.32 Å². The first-order chi connectivity index (χ1) is 8.26. The Morgan fingerprint density at radius 3 is 2.82 bits per heavy atom. The Bertz CT molecular complexity index is 484. The molecule has 1 heterocycles. The van der Waals surface area contributed by atoms with Gasteiger partial charge in [0.25, 0.3) is 0 Å². The van der Waals surface area contributed by atoms with Crippen LogP contribution in [-0.4, -0.2) is 16.6 Å². The standard InChI is InChI=1S/C14H19N3/c1-4-14(15-3)12-6-5-7-13(10-12)17-9-8-16-11(17)2/h5-10,14-15H,4H2,1-3H3. The minimum Gasteiger partial charge on any atom is -0.313 e. The summed E-state index contributed by atoms with van der Waals surface area (Å²) in [5, 5.41) is 3.33. The Kier molecular flexibility index (Phi) is 3.59. The predicted octanol–water partition coefficient (Wildman–Crippen LogP) is 2.85. The molecule has 0 saturated carbocycles. The smallest absolute Gasteiger partial charge is 0.110 e. The van der Waals surface area contributed by atoms with Crippen LogP contribution in [-0.2, 0) is 0 Å². The third kappa shape index (κ3) is 2.39. The van der Waals surface area contributed by atoms with E-state index in [4.69, 9.17) is 0 Å². The molecule has 0 aliphatic heterocycles. The number of benzene rings is 1. The fourth-order valence-corrected chi connectivity index (χ4v) is 2.15. The molecule has 2 rings (SSSR count). The highest BCUT2D eigenvalue weighted by atomic mass is 15.1. The number of imidazole rings is 1. The predicted molar refractivity (Wildman–Crippen MR) is 70.4 cm³/mol. The lowest BCUT2D eigenvalue weighted by atomic mass is 10.0. The summed E-state index contributed by atoms with van der Waals surface area (Å²) in [5.74, 6) is 1.01. The van der Waals surface area contributed by atoms with Crippen LogP contribution in [0.1, 0.15) is 30.8 Å². The van der Waals surface area contributed by atoms with E-state index < -0.39 is 0 Å². The second kappa shape index (κ2) is 5.15. The number of aromatic nitrogens is 2. The maximum atomic E-state index is 4.26. The molecule has 90 valence electrons. The number of hydrogen-bond donors (Lipinski definition) is 1. The molecular formula is C14H19N3. The number of aryl methyl sites for hydroxylation is 1. The van der Waals surface area contributed by atoms with Gasteiger partial charge in [-0.2, -0.15) is 0 Å². The fourth-order valence-electron chi connectivity index (χ4n) is 2.15. The van der Waals surface area contributed by atoms with E-state index in [2.05, 4.69) is 46.1 Å². The van der Waals surface area contributed by atoms with Crippen molar-refractivity contribution < 1.29 is 0 Å². The van der Waals surface area contributed by atoms with Crippen LogP contribution in [0.4, 0.5) is 0 Å². The molecule has 0 bridgehead atoms. The monoisotopic (exact) mass is 229 g/mol. The van der Waals surface area contributed by atoms with Gasteiger partial charge in [0.15, 0.2) is 0 Å². The van der Waals surface area contributed by atoms with Crippen molar-refractivity contribution in [2.24, 2.45) is 0 Å². The topological polar surface area (TPSA) is 29.9 Å². The van der Waals surface area contributed by atoms with Crippen molar-refractivity contribution in [1.82, 2.24) is 14.9 Å². The summed E-state index contributed by atoms with van der Waals surface area (Å²) in [6, 6.07) is 9.02. The lowest BCUT2D eigenvalue weighted by Crippen LogP contribution is -2.15. The molecule has 0 radical (unpaired) electrons. The first-order valence-corrected chi connectivity index (χ1v) is 6.03. The zero-order valence-corrected chi connectivity index (χ0v) is 10.6. The van der Waals surface area contributed by atoms with Crippen LogP contribution in [0.2, 0.25) is 0 Å². The lowest BCUT2D eigenvalue weighted by Gasteiger charge is -2.15. The van der Waals surface area contributed by atoms with E-state index >= 15 is 0 Å². The molecule has 1 unspecified atom stereocenters. The first kappa shape index (κ1) is 11.9. The van der Waals surface area contributed by atoms with Crippen molar-refractivity contribution in [3.05, 3.63) is 48.0 Å². The third-order valence-corrected chi connectivity index (χ3v) is 3.13. The minimum absolute atomic E-state index is 0.416. The molecule has 1 N–H and O–H groups in total. The molecular weight excluding hydrogens is 210 g/mol. The largest absolute Gasteiger partial charge is 0.313 e. The molecule has 3 nitrogen and oxygen atoms in total. The molecule has 0 amide bonds. The van der Waals surface area contributed by atoms with Gasteiger partial charge in [-0.1, -0.05) is 19.1 Å². The Morgan fingerprint density at radius 2 is 2.24 bits per heavy atom. The molecule has 0 fully saturated rings. The van der Waals surface area contributed by atoms with Gasteiger partial charge in [0.05, 0.1) is 0 Å². The summed E-state index contributed by atoms with van der Waals surface area (Å²) in [5.41, 5.74) is 2.49. The van der Waals surface area contributed by atoms with Gasteiger partial charge in [0, 0.05) is 24.1 Å². The van der Waals surface area contributed by atoms with Gasteiger partial charge in [0.2, 0.25) is 0 Å². The van der Waals surface area contributed by atoms with Gasteiger partial charge < -0.3 is 9.88 Å². The Labute approximate surface area is 103 Å². The van der Waals surface area contributed by atoms with Crippen molar-refractivity contribution >= 4 is 0 Å². The highest BCUT2D eigenvalue weighted by molar-refractivity contribution is 5.38. The van der Waals surface area contributed by atoms with Crippen LogP contribution in [0, 0.1) is 6.92 Å². The fraction of sp³-hybridized carbons (Fsp3) is 0.357. The highest BCUT2D eigenvalue weighted by Crippen LogP contribution is 2.19. The second-order valence-corrected chi connectivity index (χ2v) is 4.19. The van der Waals surface area contributed by atoms with Crippen LogP contribution in [0.5, 0.6) is 0 Å². The molecule has 1 aromatic heterocycles. The Morgan fingerprint density at radius 1 is 1.41 bits per heavy atom. The van der Waals surface area contributed by atoms with E-state index in [1.807, 2.05) is 26.4 Å². The summed E-state index contributed by atoms with van der Waals surface area (Å²) >= 11 is 0. The Balaban J connectivity index is 2.38. The molecule has 0 aliphatic rings. The normalized spacial score (nSPS) is 12.6. The molecule has 0 spiro atoms. The maximum Gasteiger partial charge on any atom is 0.110 e. The lowest BCUT2D eigenvalue weighted by molar-refractivity contribution is 0.576. The molecule has 2 aromatic rings.